The summed E-state index contributed by atoms with van der Waals surface area (Å²) in [4.78, 5) is 6.70. The molecule has 1 aromatic rings. The van der Waals surface area contributed by atoms with Gasteiger partial charge in [-0.3, -0.25) is 4.98 Å². The predicted octanol–water partition coefficient (Wildman–Crippen LogP) is 1.56. The van der Waals surface area contributed by atoms with E-state index in [9.17, 15) is 0 Å². The number of aryl methyl sites for hydroxylation is 1. The van der Waals surface area contributed by atoms with Crippen molar-refractivity contribution in [2.45, 2.75) is 26.3 Å². The number of anilines is 1. The summed E-state index contributed by atoms with van der Waals surface area (Å²) in [5.41, 5.74) is 8.29. The summed E-state index contributed by atoms with van der Waals surface area (Å²) in [7, 11) is 0. The van der Waals surface area contributed by atoms with Gasteiger partial charge in [0.2, 0.25) is 0 Å². The average molecular weight is 205 g/mol. The van der Waals surface area contributed by atoms with Crippen LogP contribution in [0.1, 0.15) is 19.0 Å². The highest BCUT2D eigenvalue weighted by Gasteiger charge is 2.23. The van der Waals surface area contributed by atoms with Gasteiger partial charge in [-0.1, -0.05) is 6.92 Å². The fraction of sp³-hybridized carbons (Fsp3) is 0.583. The molecule has 3 heteroatoms. The van der Waals surface area contributed by atoms with Crippen LogP contribution in [0, 0.1) is 12.8 Å². The van der Waals surface area contributed by atoms with Crippen molar-refractivity contribution in [3.63, 3.8) is 0 Å². The third-order valence-corrected chi connectivity index (χ3v) is 3.23. The first-order chi connectivity index (χ1) is 7.16. The summed E-state index contributed by atoms with van der Waals surface area (Å²) in [6, 6.07) is 4.57. The SMILES string of the molecule is Cc1ccc(N2CCC(N)C(C)C2)cn1. The maximum absolute atomic E-state index is 6.00. The van der Waals surface area contributed by atoms with Crippen LogP contribution in [0.3, 0.4) is 0 Å². The lowest BCUT2D eigenvalue weighted by atomic mass is 9.94. The Bertz CT molecular complexity index is 320. The minimum absolute atomic E-state index is 0.361. The lowest BCUT2D eigenvalue weighted by molar-refractivity contribution is 0.383. The summed E-state index contributed by atoms with van der Waals surface area (Å²) in [6.45, 7) is 6.33. The van der Waals surface area contributed by atoms with Crippen LogP contribution in [0.5, 0.6) is 0 Å². The van der Waals surface area contributed by atoms with E-state index in [1.54, 1.807) is 0 Å². The smallest absolute Gasteiger partial charge is 0.0553 e. The number of nitrogens with zero attached hydrogens (tertiary/aromatic N) is 2. The second kappa shape index (κ2) is 4.19. The quantitative estimate of drug-likeness (QED) is 0.756. The third-order valence-electron chi connectivity index (χ3n) is 3.23. The predicted molar refractivity (Wildman–Crippen MR) is 62.9 cm³/mol. The van der Waals surface area contributed by atoms with E-state index in [-0.39, 0.29) is 0 Å². The molecule has 82 valence electrons. The van der Waals surface area contributed by atoms with Gasteiger partial charge in [0.15, 0.2) is 0 Å². The fourth-order valence-electron chi connectivity index (χ4n) is 2.05. The first-order valence-corrected chi connectivity index (χ1v) is 5.60. The molecule has 0 aliphatic carbocycles. The Labute approximate surface area is 91.3 Å². The largest absolute Gasteiger partial charge is 0.370 e. The Kier molecular flexibility index (Phi) is 2.91. The van der Waals surface area contributed by atoms with Crippen molar-refractivity contribution in [2.24, 2.45) is 11.7 Å². The van der Waals surface area contributed by atoms with Gasteiger partial charge in [0.25, 0.3) is 0 Å². The van der Waals surface area contributed by atoms with Crippen LogP contribution in [0.4, 0.5) is 5.69 Å². The van der Waals surface area contributed by atoms with E-state index in [1.807, 2.05) is 13.1 Å². The molecule has 1 aromatic heterocycles. The second-order valence-corrected chi connectivity index (χ2v) is 4.53. The van der Waals surface area contributed by atoms with Gasteiger partial charge in [-0.15, -0.1) is 0 Å². The summed E-state index contributed by atoms with van der Waals surface area (Å²) in [5.74, 6) is 0.569. The standard InChI is InChI=1S/C12H19N3/c1-9-8-15(6-5-12(9)13)11-4-3-10(2)14-7-11/h3-4,7,9,12H,5-6,8,13H2,1-2H3. The van der Waals surface area contributed by atoms with Gasteiger partial charge >= 0.3 is 0 Å². The van der Waals surface area contributed by atoms with Crippen molar-refractivity contribution >= 4 is 5.69 Å². The van der Waals surface area contributed by atoms with Gasteiger partial charge in [0, 0.05) is 24.8 Å². The maximum atomic E-state index is 6.00. The van der Waals surface area contributed by atoms with E-state index in [2.05, 4.69) is 28.9 Å². The van der Waals surface area contributed by atoms with Crippen LogP contribution in [-0.2, 0) is 0 Å². The Morgan fingerprint density at radius 2 is 2.27 bits per heavy atom. The van der Waals surface area contributed by atoms with Gasteiger partial charge in [-0.05, 0) is 31.4 Å². The molecule has 0 aromatic carbocycles. The van der Waals surface area contributed by atoms with E-state index in [0.717, 1.165) is 25.2 Å². The Balaban J connectivity index is 2.08. The van der Waals surface area contributed by atoms with Crippen molar-refractivity contribution in [1.82, 2.24) is 4.98 Å². The zero-order chi connectivity index (χ0) is 10.8. The normalized spacial score (nSPS) is 26.7. The summed E-state index contributed by atoms with van der Waals surface area (Å²) >= 11 is 0. The van der Waals surface area contributed by atoms with Crippen LogP contribution in [0.15, 0.2) is 18.3 Å². The number of hydrogen-bond donors (Lipinski definition) is 1. The van der Waals surface area contributed by atoms with E-state index >= 15 is 0 Å². The zero-order valence-electron chi connectivity index (χ0n) is 9.48. The molecule has 1 aliphatic heterocycles. The molecule has 1 saturated heterocycles. The Morgan fingerprint density at radius 1 is 1.47 bits per heavy atom. The molecule has 0 spiro atoms. The number of nitrogens with two attached hydrogens (primary N) is 1. The Hall–Kier alpha value is -1.09. The summed E-state index contributed by atoms with van der Waals surface area (Å²) in [5, 5.41) is 0. The highest BCUT2D eigenvalue weighted by Crippen LogP contribution is 2.21. The van der Waals surface area contributed by atoms with Crippen molar-refractivity contribution in [3.05, 3.63) is 24.0 Å². The zero-order valence-corrected chi connectivity index (χ0v) is 9.48. The lowest BCUT2D eigenvalue weighted by Gasteiger charge is -2.36. The van der Waals surface area contributed by atoms with Crippen LogP contribution < -0.4 is 10.6 Å². The monoisotopic (exact) mass is 205 g/mol. The topological polar surface area (TPSA) is 42.1 Å². The van der Waals surface area contributed by atoms with Crippen LogP contribution in [-0.4, -0.2) is 24.1 Å². The van der Waals surface area contributed by atoms with Crippen molar-refractivity contribution < 1.29 is 0 Å². The van der Waals surface area contributed by atoms with Crippen LogP contribution in [0.2, 0.25) is 0 Å². The van der Waals surface area contributed by atoms with Gasteiger partial charge in [0.05, 0.1) is 11.9 Å². The molecule has 1 fully saturated rings. The van der Waals surface area contributed by atoms with Gasteiger partial charge in [-0.25, -0.2) is 0 Å². The van der Waals surface area contributed by atoms with Crippen molar-refractivity contribution in [1.29, 1.82) is 0 Å². The minimum Gasteiger partial charge on any atom is -0.370 e. The van der Waals surface area contributed by atoms with Gasteiger partial charge in [0.1, 0.15) is 0 Å². The summed E-state index contributed by atoms with van der Waals surface area (Å²) in [6.07, 6.45) is 3.04. The molecule has 2 heterocycles. The second-order valence-electron chi connectivity index (χ2n) is 4.53. The van der Waals surface area contributed by atoms with E-state index in [0.29, 0.717) is 12.0 Å². The molecule has 2 atom stereocenters. The van der Waals surface area contributed by atoms with Gasteiger partial charge in [-0.2, -0.15) is 0 Å². The minimum atomic E-state index is 0.361. The van der Waals surface area contributed by atoms with E-state index in [1.165, 1.54) is 5.69 Å². The number of pyridine rings is 1. The van der Waals surface area contributed by atoms with E-state index < -0.39 is 0 Å². The number of rotatable bonds is 1. The van der Waals surface area contributed by atoms with Crippen molar-refractivity contribution in [3.8, 4) is 0 Å². The first-order valence-electron chi connectivity index (χ1n) is 5.60. The molecule has 2 unspecified atom stereocenters. The average Bonchev–Trinajstić information content (AvgIpc) is 2.23. The maximum Gasteiger partial charge on any atom is 0.0553 e. The molecular formula is C12H19N3. The number of hydrogen-bond acceptors (Lipinski definition) is 3. The highest BCUT2D eigenvalue weighted by atomic mass is 15.1. The van der Waals surface area contributed by atoms with Gasteiger partial charge < -0.3 is 10.6 Å². The Morgan fingerprint density at radius 3 is 2.87 bits per heavy atom. The molecule has 0 bridgehead atoms. The molecule has 1 aliphatic rings. The fourth-order valence-corrected chi connectivity index (χ4v) is 2.05. The molecule has 15 heavy (non-hydrogen) atoms. The van der Waals surface area contributed by atoms with Crippen LogP contribution in [0.25, 0.3) is 0 Å². The van der Waals surface area contributed by atoms with E-state index in [4.69, 9.17) is 5.73 Å². The first kappa shape index (κ1) is 10.4. The molecule has 0 radical (unpaired) electrons. The summed E-state index contributed by atoms with van der Waals surface area (Å²) < 4.78 is 0. The van der Waals surface area contributed by atoms with Crippen molar-refractivity contribution in [2.75, 3.05) is 18.0 Å². The molecular weight excluding hydrogens is 186 g/mol. The van der Waals surface area contributed by atoms with Crippen LogP contribution >= 0.6 is 0 Å². The number of aromatic nitrogens is 1. The lowest BCUT2D eigenvalue weighted by Crippen LogP contribution is -2.46. The number of piperidine rings is 1. The third kappa shape index (κ3) is 2.29. The highest BCUT2D eigenvalue weighted by molar-refractivity contribution is 5.45. The molecule has 0 saturated carbocycles. The molecule has 3 nitrogen and oxygen atoms in total. The molecule has 2 rings (SSSR count). The molecule has 2 N–H and O–H groups in total. The molecule has 0 amide bonds.